The summed E-state index contributed by atoms with van der Waals surface area (Å²) in [6, 6.07) is 13.6. The molecule has 0 radical (unpaired) electrons. The second-order valence-electron chi connectivity index (χ2n) is 7.31. The van der Waals surface area contributed by atoms with Gasteiger partial charge in [-0.05, 0) is 61.4 Å². The number of rotatable bonds is 7. The van der Waals surface area contributed by atoms with Gasteiger partial charge in [-0.1, -0.05) is 17.3 Å². The van der Waals surface area contributed by atoms with Gasteiger partial charge in [-0.15, -0.1) is 0 Å². The molecule has 2 aromatic rings. The van der Waals surface area contributed by atoms with Gasteiger partial charge in [0.05, 0.1) is 19.4 Å². The Morgan fingerprint density at radius 1 is 1.24 bits per heavy atom. The second-order valence-corrected chi connectivity index (χ2v) is 7.31. The number of halogens is 1. The summed E-state index contributed by atoms with van der Waals surface area (Å²) < 4.78 is 18.4. The molecule has 3 rings (SSSR count). The Balaban J connectivity index is 1.65. The van der Waals surface area contributed by atoms with Crippen LogP contribution in [0.2, 0.25) is 0 Å². The zero-order valence-corrected chi connectivity index (χ0v) is 16.9. The molecule has 0 aliphatic carbocycles. The van der Waals surface area contributed by atoms with E-state index in [0.29, 0.717) is 19.5 Å². The smallest absolute Gasteiger partial charge is 0.318 e. The largest absolute Gasteiger partial charge is 0.497 e. The molecule has 1 heterocycles. The van der Waals surface area contributed by atoms with Crippen LogP contribution in [0.3, 0.4) is 0 Å². The van der Waals surface area contributed by atoms with Gasteiger partial charge in [0.25, 0.3) is 0 Å². The maximum Gasteiger partial charge on any atom is 0.318 e. The first-order chi connectivity index (χ1) is 13.9. The van der Waals surface area contributed by atoms with Crippen LogP contribution in [0, 0.1) is 5.82 Å². The molecule has 0 saturated heterocycles. The highest BCUT2D eigenvalue weighted by Gasteiger charge is 2.27. The first kappa shape index (κ1) is 20.6. The maximum absolute atomic E-state index is 13.2. The third-order valence-corrected chi connectivity index (χ3v) is 4.57. The molecule has 0 bridgehead atoms. The molecule has 0 saturated carbocycles. The topological polar surface area (TPSA) is 63.2 Å². The maximum atomic E-state index is 13.2. The highest BCUT2D eigenvalue weighted by molar-refractivity contribution is 6.01. The van der Waals surface area contributed by atoms with Gasteiger partial charge in [-0.25, -0.2) is 9.18 Å². The van der Waals surface area contributed by atoms with Gasteiger partial charge in [0, 0.05) is 19.0 Å². The SMILES string of the molecule is COc1ccc(C2=NOC(CN(Cc3ccc(F)cc3)C(=O)NC(C)C)C2)cc1. The minimum absolute atomic E-state index is 0.00817. The third-order valence-electron chi connectivity index (χ3n) is 4.57. The number of carbonyl (C=O) groups excluding carboxylic acids is 1. The molecular formula is C22H26FN3O3. The first-order valence-corrected chi connectivity index (χ1v) is 9.61. The van der Waals surface area contributed by atoms with Gasteiger partial charge in [0.1, 0.15) is 11.6 Å². The molecule has 1 atom stereocenters. The van der Waals surface area contributed by atoms with Crippen LogP contribution >= 0.6 is 0 Å². The van der Waals surface area contributed by atoms with Crippen LogP contribution < -0.4 is 10.1 Å². The zero-order chi connectivity index (χ0) is 20.8. The molecule has 154 valence electrons. The van der Waals surface area contributed by atoms with Gasteiger partial charge in [0.2, 0.25) is 0 Å². The Labute approximate surface area is 170 Å². The van der Waals surface area contributed by atoms with Crippen LogP contribution in [0.1, 0.15) is 31.4 Å². The second kappa shape index (κ2) is 9.41. The fourth-order valence-corrected chi connectivity index (χ4v) is 3.09. The van der Waals surface area contributed by atoms with E-state index in [4.69, 9.17) is 9.57 Å². The average Bonchev–Trinajstić information content (AvgIpc) is 3.17. The Hall–Kier alpha value is -3.09. The molecular weight excluding hydrogens is 373 g/mol. The number of oxime groups is 1. The number of nitrogens with one attached hydrogen (secondary N) is 1. The summed E-state index contributed by atoms with van der Waals surface area (Å²) in [5.74, 6) is 0.476. The van der Waals surface area contributed by atoms with E-state index < -0.39 is 0 Å². The van der Waals surface area contributed by atoms with Crippen molar-refractivity contribution in [1.82, 2.24) is 10.2 Å². The standard InChI is InChI=1S/C22H26FN3O3/c1-15(2)24-22(27)26(13-16-4-8-18(23)9-5-16)14-20-12-21(25-29-20)17-6-10-19(28-3)11-7-17/h4-11,15,20H,12-14H2,1-3H3,(H,24,27). The number of carbonyl (C=O) groups is 1. The molecule has 2 aromatic carbocycles. The van der Waals surface area contributed by atoms with Crippen LogP contribution in [0.15, 0.2) is 53.7 Å². The van der Waals surface area contributed by atoms with Crippen LogP contribution in [-0.4, -0.2) is 42.4 Å². The van der Waals surface area contributed by atoms with E-state index in [9.17, 15) is 9.18 Å². The number of hydrogen-bond donors (Lipinski definition) is 1. The molecule has 7 heteroatoms. The Morgan fingerprint density at radius 3 is 2.55 bits per heavy atom. The Bertz CT molecular complexity index is 851. The van der Waals surface area contributed by atoms with Crippen molar-refractivity contribution < 1.29 is 18.8 Å². The molecule has 6 nitrogen and oxygen atoms in total. The molecule has 0 fully saturated rings. The van der Waals surface area contributed by atoms with Crippen molar-refractivity contribution in [3.63, 3.8) is 0 Å². The van der Waals surface area contributed by atoms with E-state index in [2.05, 4.69) is 10.5 Å². The normalized spacial score (nSPS) is 15.6. The molecule has 1 aliphatic rings. The summed E-state index contributed by atoms with van der Waals surface area (Å²) in [6.07, 6.45) is 0.353. The van der Waals surface area contributed by atoms with Crippen molar-refractivity contribution in [2.24, 2.45) is 5.16 Å². The van der Waals surface area contributed by atoms with Crippen LogP contribution in [0.25, 0.3) is 0 Å². The van der Waals surface area contributed by atoms with Crippen molar-refractivity contribution in [2.45, 2.75) is 39.0 Å². The van der Waals surface area contributed by atoms with Crippen LogP contribution in [0.5, 0.6) is 5.75 Å². The molecule has 1 aliphatic heterocycles. The Kier molecular flexibility index (Phi) is 6.69. The summed E-state index contributed by atoms with van der Waals surface area (Å²) in [7, 11) is 1.62. The summed E-state index contributed by atoms with van der Waals surface area (Å²) in [4.78, 5) is 19.9. The summed E-state index contributed by atoms with van der Waals surface area (Å²) in [6.45, 7) is 4.55. The summed E-state index contributed by atoms with van der Waals surface area (Å²) >= 11 is 0. The van der Waals surface area contributed by atoms with Crippen molar-refractivity contribution in [3.8, 4) is 5.75 Å². The number of nitrogens with zero attached hydrogens (tertiary/aromatic N) is 2. The molecule has 0 spiro atoms. The van der Waals surface area contributed by atoms with Gasteiger partial charge in [-0.2, -0.15) is 0 Å². The molecule has 0 aromatic heterocycles. The Morgan fingerprint density at radius 2 is 1.93 bits per heavy atom. The number of hydrogen-bond acceptors (Lipinski definition) is 4. The lowest BCUT2D eigenvalue weighted by Crippen LogP contribution is -2.45. The number of amides is 2. The van der Waals surface area contributed by atoms with Gasteiger partial charge < -0.3 is 19.8 Å². The average molecular weight is 399 g/mol. The van der Waals surface area contributed by atoms with E-state index >= 15 is 0 Å². The molecule has 29 heavy (non-hydrogen) atoms. The number of ether oxygens (including phenoxy) is 1. The van der Waals surface area contributed by atoms with Crippen molar-refractivity contribution in [1.29, 1.82) is 0 Å². The van der Waals surface area contributed by atoms with Crippen molar-refractivity contribution in [3.05, 3.63) is 65.5 Å². The predicted molar refractivity (Wildman–Crippen MR) is 109 cm³/mol. The lowest BCUT2D eigenvalue weighted by Gasteiger charge is -2.26. The number of methoxy groups -OCH3 is 1. The monoisotopic (exact) mass is 399 g/mol. The molecule has 2 amide bonds. The van der Waals surface area contributed by atoms with Crippen LogP contribution in [-0.2, 0) is 11.4 Å². The van der Waals surface area contributed by atoms with E-state index in [1.807, 2.05) is 38.1 Å². The number of benzene rings is 2. The lowest BCUT2D eigenvalue weighted by molar-refractivity contribution is 0.0586. The zero-order valence-electron chi connectivity index (χ0n) is 16.9. The van der Waals surface area contributed by atoms with E-state index in [-0.39, 0.29) is 24.0 Å². The van der Waals surface area contributed by atoms with Gasteiger partial charge >= 0.3 is 6.03 Å². The minimum atomic E-state index is -0.302. The van der Waals surface area contributed by atoms with E-state index in [1.54, 1.807) is 24.1 Å². The lowest BCUT2D eigenvalue weighted by atomic mass is 10.0. The van der Waals surface area contributed by atoms with E-state index in [0.717, 1.165) is 22.6 Å². The predicted octanol–water partition coefficient (Wildman–Crippen LogP) is 3.95. The van der Waals surface area contributed by atoms with Crippen molar-refractivity contribution >= 4 is 11.7 Å². The van der Waals surface area contributed by atoms with Gasteiger partial charge in [-0.3, -0.25) is 0 Å². The first-order valence-electron chi connectivity index (χ1n) is 9.61. The molecule has 1 unspecified atom stereocenters. The summed E-state index contributed by atoms with van der Waals surface area (Å²) in [5, 5.41) is 7.11. The third kappa shape index (κ3) is 5.70. The van der Waals surface area contributed by atoms with Crippen LogP contribution in [0.4, 0.5) is 9.18 Å². The highest BCUT2D eigenvalue weighted by Crippen LogP contribution is 2.21. The minimum Gasteiger partial charge on any atom is -0.497 e. The highest BCUT2D eigenvalue weighted by atomic mass is 19.1. The quantitative estimate of drug-likeness (QED) is 0.767. The van der Waals surface area contributed by atoms with Crippen molar-refractivity contribution in [2.75, 3.05) is 13.7 Å². The summed E-state index contributed by atoms with van der Waals surface area (Å²) in [5.41, 5.74) is 2.65. The van der Waals surface area contributed by atoms with Gasteiger partial charge in [0.15, 0.2) is 6.10 Å². The number of urea groups is 1. The fraction of sp³-hybridized carbons (Fsp3) is 0.364. The molecule has 1 N–H and O–H groups in total. The van der Waals surface area contributed by atoms with E-state index in [1.165, 1.54) is 12.1 Å². The fourth-order valence-electron chi connectivity index (χ4n) is 3.09.